The minimum atomic E-state index is -0.870. The average molecular weight is 158 g/mol. The van der Waals surface area contributed by atoms with E-state index in [-0.39, 0.29) is 0 Å². The Hall–Kier alpha value is -0.0800. The molecule has 0 radical (unpaired) electrons. The fraction of sp³-hybridized carbons (Fsp3) is 1.00. The first-order valence-corrected chi connectivity index (χ1v) is 4.48. The van der Waals surface area contributed by atoms with Gasteiger partial charge in [0, 0.05) is 0 Å². The number of hydrogen-bond acceptors (Lipinski definition) is 2. The molecule has 1 rings (SSSR count). The summed E-state index contributed by atoms with van der Waals surface area (Å²) in [7, 11) is 0. The molecule has 0 aliphatic heterocycles. The fourth-order valence-electron chi connectivity index (χ4n) is 1.47. The summed E-state index contributed by atoms with van der Waals surface area (Å²) < 4.78 is 0. The third-order valence-electron chi connectivity index (χ3n) is 2.95. The van der Waals surface area contributed by atoms with Crippen LogP contribution < -0.4 is 0 Å². The van der Waals surface area contributed by atoms with Crippen LogP contribution >= 0.6 is 0 Å². The molecule has 1 aliphatic carbocycles. The van der Waals surface area contributed by atoms with Gasteiger partial charge in [0.25, 0.3) is 0 Å². The van der Waals surface area contributed by atoms with E-state index in [1.165, 1.54) is 6.42 Å². The van der Waals surface area contributed by atoms with E-state index < -0.39 is 11.7 Å². The van der Waals surface area contributed by atoms with Gasteiger partial charge in [0.15, 0.2) is 0 Å². The molecule has 66 valence electrons. The van der Waals surface area contributed by atoms with Gasteiger partial charge in [-0.05, 0) is 32.1 Å². The highest BCUT2D eigenvalue weighted by molar-refractivity contribution is 4.89. The minimum Gasteiger partial charge on any atom is -0.390 e. The lowest BCUT2D eigenvalue weighted by Gasteiger charge is -2.38. The van der Waals surface area contributed by atoms with Crippen LogP contribution in [-0.4, -0.2) is 21.9 Å². The zero-order chi connectivity index (χ0) is 8.48. The first-order valence-electron chi connectivity index (χ1n) is 4.48. The molecule has 2 atom stereocenters. The first kappa shape index (κ1) is 9.01. The lowest BCUT2D eigenvalue weighted by molar-refractivity contribution is -0.105. The summed E-state index contributed by atoms with van der Waals surface area (Å²) in [6, 6.07) is 0. The Morgan fingerprint density at radius 2 is 2.09 bits per heavy atom. The highest BCUT2D eigenvalue weighted by atomic mass is 16.3. The molecule has 1 fully saturated rings. The van der Waals surface area contributed by atoms with E-state index >= 15 is 0 Å². The summed E-state index contributed by atoms with van der Waals surface area (Å²) in [6.45, 7) is 3.62. The van der Waals surface area contributed by atoms with Crippen LogP contribution in [0.15, 0.2) is 0 Å². The third kappa shape index (κ3) is 1.74. The largest absolute Gasteiger partial charge is 0.390 e. The van der Waals surface area contributed by atoms with Crippen LogP contribution in [0.4, 0.5) is 0 Å². The summed E-state index contributed by atoms with van der Waals surface area (Å²) in [6.07, 6.45) is 3.49. The van der Waals surface area contributed by atoms with Crippen molar-refractivity contribution in [3.05, 3.63) is 0 Å². The Morgan fingerprint density at radius 3 is 2.36 bits per heavy atom. The molecule has 0 saturated heterocycles. The van der Waals surface area contributed by atoms with Crippen LogP contribution in [0.2, 0.25) is 0 Å². The molecule has 0 aromatic carbocycles. The van der Waals surface area contributed by atoms with Crippen LogP contribution in [0.1, 0.15) is 39.5 Å². The Morgan fingerprint density at radius 1 is 1.55 bits per heavy atom. The smallest absolute Gasteiger partial charge is 0.0877 e. The van der Waals surface area contributed by atoms with Crippen LogP contribution in [0, 0.1) is 5.92 Å². The quantitative estimate of drug-likeness (QED) is 0.650. The lowest BCUT2D eigenvalue weighted by Crippen LogP contribution is -2.45. The Labute approximate surface area is 68.2 Å². The molecule has 1 saturated carbocycles. The number of aliphatic hydroxyl groups is 2. The average Bonchev–Trinajstić information content (AvgIpc) is 1.84. The predicted octanol–water partition coefficient (Wildman–Crippen LogP) is 1.31. The Balaban J connectivity index is 2.44. The summed E-state index contributed by atoms with van der Waals surface area (Å²) in [5.41, 5.74) is -0.870. The van der Waals surface area contributed by atoms with E-state index in [1.54, 1.807) is 6.92 Å². The van der Waals surface area contributed by atoms with E-state index in [4.69, 9.17) is 0 Å². The topological polar surface area (TPSA) is 40.5 Å². The van der Waals surface area contributed by atoms with E-state index in [0.29, 0.717) is 12.3 Å². The van der Waals surface area contributed by atoms with Crippen molar-refractivity contribution < 1.29 is 10.2 Å². The predicted molar refractivity (Wildman–Crippen MR) is 44.3 cm³/mol. The summed E-state index contributed by atoms with van der Waals surface area (Å²) in [4.78, 5) is 0. The summed E-state index contributed by atoms with van der Waals surface area (Å²) in [5, 5.41) is 19.3. The standard InChI is InChI=1S/C9H18O2/c1-3-9(2,11)8(10)7-5-4-6-7/h7-8,10-11H,3-6H2,1-2H3. The van der Waals surface area contributed by atoms with Crippen LogP contribution in [0.3, 0.4) is 0 Å². The van der Waals surface area contributed by atoms with Crippen LogP contribution in [-0.2, 0) is 0 Å². The maximum Gasteiger partial charge on any atom is 0.0877 e. The number of rotatable bonds is 3. The van der Waals surface area contributed by atoms with Crippen LogP contribution in [0.5, 0.6) is 0 Å². The SMILES string of the molecule is CCC(C)(O)C(O)C1CCC1. The third-order valence-corrected chi connectivity index (χ3v) is 2.95. The van der Waals surface area contributed by atoms with Gasteiger partial charge in [-0.25, -0.2) is 0 Å². The van der Waals surface area contributed by atoms with E-state index in [1.807, 2.05) is 6.92 Å². The van der Waals surface area contributed by atoms with Gasteiger partial charge in [0.2, 0.25) is 0 Å². The molecule has 2 N–H and O–H groups in total. The second-order valence-electron chi connectivity index (χ2n) is 3.85. The molecule has 0 amide bonds. The summed E-state index contributed by atoms with van der Waals surface area (Å²) in [5.74, 6) is 0.352. The van der Waals surface area contributed by atoms with E-state index in [2.05, 4.69) is 0 Å². The van der Waals surface area contributed by atoms with Crippen molar-refractivity contribution >= 4 is 0 Å². The first-order chi connectivity index (χ1) is 5.08. The van der Waals surface area contributed by atoms with Gasteiger partial charge >= 0.3 is 0 Å². The lowest BCUT2D eigenvalue weighted by atomic mass is 9.74. The van der Waals surface area contributed by atoms with Gasteiger partial charge in [0.05, 0.1) is 11.7 Å². The molecular weight excluding hydrogens is 140 g/mol. The zero-order valence-electron chi connectivity index (χ0n) is 7.38. The maximum atomic E-state index is 9.68. The minimum absolute atomic E-state index is 0.352. The molecule has 2 heteroatoms. The molecule has 1 aliphatic rings. The fourth-order valence-corrected chi connectivity index (χ4v) is 1.47. The summed E-state index contributed by atoms with van der Waals surface area (Å²) >= 11 is 0. The second kappa shape index (κ2) is 3.11. The van der Waals surface area contributed by atoms with Gasteiger partial charge in [-0.1, -0.05) is 13.3 Å². The molecule has 0 spiro atoms. The molecule has 0 aromatic rings. The van der Waals surface area contributed by atoms with Crippen molar-refractivity contribution in [1.29, 1.82) is 0 Å². The number of aliphatic hydroxyl groups excluding tert-OH is 1. The monoisotopic (exact) mass is 158 g/mol. The number of hydrogen-bond donors (Lipinski definition) is 2. The van der Waals surface area contributed by atoms with Gasteiger partial charge in [-0.2, -0.15) is 0 Å². The van der Waals surface area contributed by atoms with E-state index in [9.17, 15) is 10.2 Å². The molecule has 2 unspecified atom stereocenters. The van der Waals surface area contributed by atoms with Gasteiger partial charge in [-0.3, -0.25) is 0 Å². The van der Waals surface area contributed by atoms with Gasteiger partial charge in [-0.15, -0.1) is 0 Å². The highest BCUT2D eigenvalue weighted by Crippen LogP contribution is 2.34. The normalized spacial score (nSPS) is 27.3. The molecule has 11 heavy (non-hydrogen) atoms. The van der Waals surface area contributed by atoms with Crippen LogP contribution in [0.25, 0.3) is 0 Å². The van der Waals surface area contributed by atoms with Crippen molar-refractivity contribution in [3.63, 3.8) is 0 Å². The second-order valence-corrected chi connectivity index (χ2v) is 3.85. The maximum absolute atomic E-state index is 9.68. The molecule has 2 nitrogen and oxygen atoms in total. The van der Waals surface area contributed by atoms with Crippen molar-refractivity contribution in [2.24, 2.45) is 5.92 Å². The van der Waals surface area contributed by atoms with Crippen molar-refractivity contribution in [3.8, 4) is 0 Å². The molecule has 0 heterocycles. The Bertz CT molecular complexity index is 128. The van der Waals surface area contributed by atoms with Gasteiger partial charge in [0.1, 0.15) is 0 Å². The molecule has 0 aromatic heterocycles. The van der Waals surface area contributed by atoms with Crippen molar-refractivity contribution in [1.82, 2.24) is 0 Å². The Kier molecular flexibility index (Phi) is 2.55. The van der Waals surface area contributed by atoms with Crippen molar-refractivity contribution in [2.75, 3.05) is 0 Å². The molecule has 0 bridgehead atoms. The van der Waals surface area contributed by atoms with Crippen molar-refractivity contribution in [2.45, 2.75) is 51.2 Å². The highest BCUT2D eigenvalue weighted by Gasteiger charge is 2.37. The molecular formula is C9H18O2. The van der Waals surface area contributed by atoms with E-state index in [0.717, 1.165) is 12.8 Å². The zero-order valence-corrected chi connectivity index (χ0v) is 7.38. The van der Waals surface area contributed by atoms with Gasteiger partial charge < -0.3 is 10.2 Å².